The van der Waals surface area contributed by atoms with Crippen molar-refractivity contribution in [3.8, 4) is 17.2 Å². The highest BCUT2D eigenvalue weighted by molar-refractivity contribution is 5.94. The highest BCUT2D eigenvalue weighted by Gasteiger charge is 2.27. The number of amides is 1. The lowest BCUT2D eigenvalue weighted by molar-refractivity contribution is -0.120. The largest absolute Gasteiger partial charge is 0.372 e. The average Bonchev–Trinajstić information content (AvgIpc) is 3.46. The van der Waals surface area contributed by atoms with Crippen LogP contribution in [0, 0.1) is 12.8 Å². The Labute approximate surface area is 224 Å². The fraction of sp³-hybridized carbons (Fsp3) is 0.333. The second-order valence-corrected chi connectivity index (χ2v) is 9.68. The maximum atomic E-state index is 13.2. The van der Waals surface area contributed by atoms with Crippen LogP contribution >= 0.6 is 0 Å². The van der Waals surface area contributed by atoms with Gasteiger partial charge in [-0.3, -0.25) is 9.36 Å². The first kappa shape index (κ1) is 25.4. The summed E-state index contributed by atoms with van der Waals surface area (Å²) in [6.45, 7) is 9.75. The summed E-state index contributed by atoms with van der Waals surface area (Å²) in [5.74, 6) is 2.27. The van der Waals surface area contributed by atoms with E-state index >= 15 is 0 Å². The highest BCUT2D eigenvalue weighted by Crippen LogP contribution is 2.27. The van der Waals surface area contributed by atoms with Gasteiger partial charge < -0.3 is 15.1 Å². The fourth-order valence-electron chi connectivity index (χ4n) is 5.11. The molecule has 38 heavy (non-hydrogen) atoms. The second-order valence-electron chi connectivity index (χ2n) is 9.68. The van der Waals surface area contributed by atoms with Crippen LogP contribution in [0.15, 0.2) is 73.1 Å². The first-order chi connectivity index (χ1) is 18.6. The zero-order chi connectivity index (χ0) is 26.5. The molecule has 1 unspecified atom stereocenters. The smallest absolute Gasteiger partial charge is 0.229 e. The molecule has 8 nitrogen and oxygen atoms in total. The molecule has 1 fully saturated rings. The van der Waals surface area contributed by atoms with Gasteiger partial charge >= 0.3 is 0 Å². The summed E-state index contributed by atoms with van der Waals surface area (Å²) < 4.78 is 1.94. The third-order valence-corrected chi connectivity index (χ3v) is 7.27. The normalized spacial score (nSPS) is 15.3. The first-order valence-corrected chi connectivity index (χ1v) is 13.4. The summed E-state index contributed by atoms with van der Waals surface area (Å²) in [7, 11) is 0. The summed E-state index contributed by atoms with van der Waals surface area (Å²) >= 11 is 0. The van der Waals surface area contributed by atoms with Crippen LogP contribution in [0.5, 0.6) is 0 Å². The number of benzene rings is 2. The Morgan fingerprint density at radius 2 is 1.79 bits per heavy atom. The van der Waals surface area contributed by atoms with E-state index in [9.17, 15) is 4.79 Å². The molecular weight excluding hydrogens is 474 g/mol. The van der Waals surface area contributed by atoms with Crippen molar-refractivity contribution >= 4 is 23.1 Å². The molecule has 3 heterocycles. The number of hydrogen-bond acceptors (Lipinski definition) is 6. The molecule has 2 aromatic heterocycles. The van der Waals surface area contributed by atoms with Gasteiger partial charge in [-0.1, -0.05) is 30.3 Å². The monoisotopic (exact) mass is 509 g/mol. The van der Waals surface area contributed by atoms with Gasteiger partial charge in [-0.25, -0.2) is 4.98 Å². The predicted molar refractivity (Wildman–Crippen MR) is 153 cm³/mol. The van der Waals surface area contributed by atoms with E-state index in [4.69, 9.17) is 0 Å². The number of carbonyl (C=O) groups excluding carboxylic acids is 1. The lowest BCUT2D eigenvalue weighted by Gasteiger charge is -2.32. The first-order valence-electron chi connectivity index (χ1n) is 13.4. The summed E-state index contributed by atoms with van der Waals surface area (Å²) in [6.07, 6.45) is 5.45. The Morgan fingerprint density at radius 3 is 2.50 bits per heavy atom. The highest BCUT2D eigenvalue weighted by atomic mass is 16.1. The van der Waals surface area contributed by atoms with Crippen molar-refractivity contribution in [1.29, 1.82) is 0 Å². The second kappa shape index (κ2) is 11.5. The third kappa shape index (κ3) is 5.39. The molecule has 1 aliphatic heterocycles. The molecule has 0 saturated carbocycles. The average molecular weight is 510 g/mol. The SMILES string of the molecule is CCN(CC)c1ccc(NC(=O)C2CCCN(c3ccc(-n4ccnc4-c4ccccc4)nn3)C2)c(C)c1. The molecule has 5 rings (SSSR count). The standard InChI is InChI=1S/C30H35N7O/c1-4-35(5-2)25-13-14-26(22(3)20-25)32-30(38)24-12-9-18-36(21-24)27-15-16-28(34-33-27)37-19-17-31-29(37)23-10-7-6-8-11-23/h6-8,10-11,13-17,19-20,24H,4-5,9,12,18,21H2,1-3H3,(H,32,38). The number of aromatic nitrogens is 4. The van der Waals surface area contributed by atoms with Gasteiger partial charge in [-0.2, -0.15) is 0 Å². The van der Waals surface area contributed by atoms with Crippen molar-refractivity contribution in [2.75, 3.05) is 41.3 Å². The molecule has 1 saturated heterocycles. The summed E-state index contributed by atoms with van der Waals surface area (Å²) in [5.41, 5.74) is 4.15. The molecule has 1 N–H and O–H groups in total. The molecule has 4 aromatic rings. The zero-order valence-corrected chi connectivity index (χ0v) is 22.3. The van der Waals surface area contributed by atoms with E-state index < -0.39 is 0 Å². The third-order valence-electron chi connectivity index (χ3n) is 7.27. The molecule has 0 aliphatic carbocycles. The number of nitrogens with zero attached hydrogens (tertiary/aromatic N) is 6. The number of rotatable bonds is 8. The molecule has 0 radical (unpaired) electrons. The maximum Gasteiger partial charge on any atom is 0.229 e. The molecule has 1 aliphatic rings. The van der Waals surface area contributed by atoms with Gasteiger partial charge in [0.1, 0.15) is 5.82 Å². The van der Waals surface area contributed by atoms with Gasteiger partial charge in [-0.15, -0.1) is 10.2 Å². The quantitative estimate of drug-likeness (QED) is 0.345. The van der Waals surface area contributed by atoms with E-state index in [1.807, 2.05) is 59.3 Å². The Hall–Kier alpha value is -4.20. The zero-order valence-electron chi connectivity index (χ0n) is 22.3. The summed E-state index contributed by atoms with van der Waals surface area (Å²) in [6, 6.07) is 20.2. The van der Waals surface area contributed by atoms with Crippen molar-refractivity contribution in [3.63, 3.8) is 0 Å². The van der Waals surface area contributed by atoms with Crippen LogP contribution in [0.4, 0.5) is 17.2 Å². The number of anilines is 3. The number of carbonyl (C=O) groups is 1. The molecule has 0 bridgehead atoms. The predicted octanol–water partition coefficient (Wildman–Crippen LogP) is 5.34. The van der Waals surface area contributed by atoms with E-state index in [1.165, 1.54) is 5.69 Å². The lowest BCUT2D eigenvalue weighted by Crippen LogP contribution is -2.41. The number of hydrogen-bond donors (Lipinski definition) is 1. The van der Waals surface area contributed by atoms with Crippen LogP contribution in [0.2, 0.25) is 0 Å². The Balaban J connectivity index is 1.25. The van der Waals surface area contributed by atoms with Gasteiger partial charge in [0, 0.05) is 55.5 Å². The maximum absolute atomic E-state index is 13.2. The topological polar surface area (TPSA) is 79.2 Å². The van der Waals surface area contributed by atoms with Crippen LogP contribution in [0.1, 0.15) is 32.3 Å². The molecule has 8 heteroatoms. The summed E-state index contributed by atoms with van der Waals surface area (Å²) in [4.78, 5) is 22.2. The van der Waals surface area contributed by atoms with Gasteiger partial charge in [0.25, 0.3) is 0 Å². The van der Waals surface area contributed by atoms with Crippen LogP contribution in [0.3, 0.4) is 0 Å². The van der Waals surface area contributed by atoms with Crippen molar-refractivity contribution in [2.45, 2.75) is 33.6 Å². The van der Waals surface area contributed by atoms with Crippen LogP contribution < -0.4 is 15.1 Å². The molecular formula is C30H35N7O. The molecule has 2 aromatic carbocycles. The van der Waals surface area contributed by atoms with E-state index in [0.717, 1.165) is 60.9 Å². The van der Waals surface area contributed by atoms with E-state index in [-0.39, 0.29) is 11.8 Å². The van der Waals surface area contributed by atoms with Crippen molar-refractivity contribution in [2.24, 2.45) is 5.92 Å². The number of nitrogens with one attached hydrogen (secondary N) is 1. The Bertz CT molecular complexity index is 1360. The lowest BCUT2D eigenvalue weighted by atomic mass is 9.97. The van der Waals surface area contributed by atoms with Crippen LogP contribution in [0.25, 0.3) is 17.2 Å². The van der Waals surface area contributed by atoms with Crippen molar-refractivity contribution in [1.82, 2.24) is 19.7 Å². The van der Waals surface area contributed by atoms with Gasteiger partial charge in [0.05, 0.1) is 5.92 Å². The van der Waals surface area contributed by atoms with E-state index in [0.29, 0.717) is 12.4 Å². The molecule has 1 atom stereocenters. The van der Waals surface area contributed by atoms with Crippen molar-refractivity contribution < 1.29 is 4.79 Å². The minimum atomic E-state index is -0.106. The van der Waals surface area contributed by atoms with Crippen LogP contribution in [-0.2, 0) is 4.79 Å². The Kier molecular flexibility index (Phi) is 7.67. The van der Waals surface area contributed by atoms with Crippen LogP contribution in [-0.4, -0.2) is 51.8 Å². The van der Waals surface area contributed by atoms with Gasteiger partial charge in [0.15, 0.2) is 11.6 Å². The van der Waals surface area contributed by atoms with Gasteiger partial charge in [0.2, 0.25) is 5.91 Å². The molecule has 0 spiro atoms. The molecule has 1 amide bonds. The number of piperidine rings is 1. The van der Waals surface area contributed by atoms with Gasteiger partial charge in [-0.05, 0) is 69.5 Å². The fourth-order valence-corrected chi connectivity index (χ4v) is 5.11. The Morgan fingerprint density at radius 1 is 1.03 bits per heavy atom. The van der Waals surface area contributed by atoms with E-state index in [1.54, 1.807) is 6.20 Å². The molecule has 196 valence electrons. The van der Waals surface area contributed by atoms with E-state index in [2.05, 4.69) is 63.2 Å². The minimum Gasteiger partial charge on any atom is -0.372 e. The van der Waals surface area contributed by atoms with Crippen molar-refractivity contribution in [3.05, 3.63) is 78.6 Å². The minimum absolute atomic E-state index is 0.0592. The number of imidazole rings is 1. The number of aryl methyl sites for hydroxylation is 1. The summed E-state index contributed by atoms with van der Waals surface area (Å²) in [5, 5.41) is 12.2.